The molecule has 20 heavy (non-hydrogen) atoms. The molecule has 0 fully saturated rings. The Bertz CT molecular complexity index is 467. The van der Waals surface area contributed by atoms with Gasteiger partial charge in [0.1, 0.15) is 6.04 Å². The van der Waals surface area contributed by atoms with Gasteiger partial charge in [-0.15, -0.1) is 0 Å². The van der Waals surface area contributed by atoms with Crippen LogP contribution in [0.2, 0.25) is 0 Å². The van der Waals surface area contributed by atoms with Gasteiger partial charge >= 0.3 is 5.97 Å². The number of nitrogens with one attached hydrogen (secondary N) is 1. The molecule has 1 aromatic rings. The first-order valence-corrected chi connectivity index (χ1v) is 6.58. The van der Waals surface area contributed by atoms with E-state index >= 15 is 0 Å². The minimum Gasteiger partial charge on any atom is -0.480 e. The maximum Gasteiger partial charge on any atom is 0.326 e. The van der Waals surface area contributed by atoms with Gasteiger partial charge in [0.05, 0.1) is 0 Å². The Balaban J connectivity index is 2.74. The first-order valence-electron chi connectivity index (χ1n) is 6.58. The summed E-state index contributed by atoms with van der Waals surface area (Å²) in [4.78, 5) is 25.1. The van der Waals surface area contributed by atoms with Crippen molar-refractivity contribution in [3.63, 3.8) is 0 Å². The fourth-order valence-corrected chi connectivity index (χ4v) is 1.86. The number of carbonyl (C=O) groups excluding carboxylic acids is 1. The zero-order valence-electron chi connectivity index (χ0n) is 12.4. The summed E-state index contributed by atoms with van der Waals surface area (Å²) in [6.45, 7) is 4.32. The summed E-state index contributed by atoms with van der Waals surface area (Å²) in [7, 11) is 3.95. The summed E-state index contributed by atoms with van der Waals surface area (Å²) < 4.78 is 0. The number of hydrogen-bond donors (Lipinski definition) is 2. The van der Waals surface area contributed by atoms with Gasteiger partial charge in [-0.05, 0) is 37.7 Å². The Hall–Kier alpha value is -1.88. The molecule has 1 atom stereocenters. The Morgan fingerprint density at radius 2 is 1.75 bits per heavy atom. The van der Waals surface area contributed by atoms with Crippen LogP contribution in [-0.4, -0.2) is 42.0 Å². The van der Waals surface area contributed by atoms with Gasteiger partial charge in [0.25, 0.3) is 5.91 Å². The molecule has 110 valence electrons. The average Bonchev–Trinajstić information content (AvgIpc) is 2.35. The molecule has 0 saturated carbocycles. The third-order valence-electron chi connectivity index (χ3n) is 2.93. The summed E-state index contributed by atoms with van der Waals surface area (Å²) in [5.74, 6) is -1.54. The molecular formula is C15H22N2O3. The lowest BCUT2D eigenvalue weighted by molar-refractivity contribution is -0.140. The molecule has 0 unspecified atom stereocenters. The summed E-state index contributed by atoms with van der Waals surface area (Å²) in [5.41, 5.74) is 1.57. The highest BCUT2D eigenvalue weighted by Gasteiger charge is 2.23. The van der Waals surface area contributed by atoms with E-state index in [0.717, 1.165) is 12.1 Å². The normalized spacial score (nSPS) is 12.5. The van der Waals surface area contributed by atoms with E-state index in [2.05, 4.69) is 5.32 Å². The molecular weight excluding hydrogens is 256 g/mol. The summed E-state index contributed by atoms with van der Waals surface area (Å²) in [5, 5.41) is 11.6. The van der Waals surface area contributed by atoms with E-state index in [0.29, 0.717) is 5.56 Å². The highest BCUT2D eigenvalue weighted by molar-refractivity contribution is 5.96. The van der Waals surface area contributed by atoms with Gasteiger partial charge in [-0.2, -0.15) is 0 Å². The number of amides is 1. The second-order valence-corrected chi connectivity index (χ2v) is 5.47. The first-order chi connectivity index (χ1) is 9.31. The van der Waals surface area contributed by atoms with Crippen LogP contribution in [0.3, 0.4) is 0 Å². The molecule has 0 aliphatic heterocycles. The molecule has 1 aromatic carbocycles. The van der Waals surface area contributed by atoms with Crippen LogP contribution in [0.5, 0.6) is 0 Å². The number of hydrogen-bond acceptors (Lipinski definition) is 3. The molecule has 5 nitrogen and oxygen atoms in total. The smallest absolute Gasteiger partial charge is 0.326 e. The number of nitrogens with zero attached hydrogens (tertiary/aromatic N) is 1. The first kappa shape index (κ1) is 16.2. The van der Waals surface area contributed by atoms with Crippen molar-refractivity contribution in [3.05, 3.63) is 35.4 Å². The SMILES string of the molecule is CC(C)[C@@H](NC(=O)c1ccc(CN(C)C)cc1)C(=O)O. The molecule has 0 radical (unpaired) electrons. The Kier molecular flexibility index (Phi) is 5.70. The number of aliphatic carboxylic acids is 1. The maximum absolute atomic E-state index is 12.0. The van der Waals surface area contributed by atoms with Gasteiger partial charge in [0.2, 0.25) is 0 Å². The van der Waals surface area contributed by atoms with Crippen LogP contribution in [0.4, 0.5) is 0 Å². The zero-order chi connectivity index (χ0) is 15.3. The lowest BCUT2D eigenvalue weighted by Gasteiger charge is -2.18. The monoisotopic (exact) mass is 278 g/mol. The van der Waals surface area contributed by atoms with Crippen LogP contribution in [0.1, 0.15) is 29.8 Å². The van der Waals surface area contributed by atoms with Crippen molar-refractivity contribution in [2.24, 2.45) is 5.92 Å². The number of benzene rings is 1. The molecule has 0 aliphatic carbocycles. The van der Waals surface area contributed by atoms with Crippen molar-refractivity contribution in [1.82, 2.24) is 10.2 Å². The van der Waals surface area contributed by atoms with Crippen molar-refractivity contribution in [2.75, 3.05) is 14.1 Å². The molecule has 0 aromatic heterocycles. The van der Waals surface area contributed by atoms with Gasteiger partial charge in [0.15, 0.2) is 0 Å². The van der Waals surface area contributed by atoms with Crippen LogP contribution in [0, 0.1) is 5.92 Å². The highest BCUT2D eigenvalue weighted by atomic mass is 16.4. The molecule has 2 N–H and O–H groups in total. The number of carboxylic acid groups (broad SMARTS) is 1. The fourth-order valence-electron chi connectivity index (χ4n) is 1.86. The van der Waals surface area contributed by atoms with Gasteiger partial charge < -0.3 is 15.3 Å². The largest absolute Gasteiger partial charge is 0.480 e. The second kappa shape index (κ2) is 7.05. The molecule has 0 heterocycles. The van der Waals surface area contributed by atoms with E-state index in [-0.39, 0.29) is 11.8 Å². The van der Waals surface area contributed by atoms with Crippen LogP contribution < -0.4 is 5.32 Å². The summed E-state index contributed by atoms with van der Waals surface area (Å²) >= 11 is 0. The number of rotatable bonds is 6. The molecule has 0 saturated heterocycles. The third kappa shape index (κ3) is 4.66. The standard InChI is InChI=1S/C15H22N2O3/c1-10(2)13(15(19)20)16-14(18)12-7-5-11(6-8-12)9-17(3)4/h5-8,10,13H,9H2,1-4H3,(H,16,18)(H,19,20)/t13-/m1/s1. The zero-order valence-corrected chi connectivity index (χ0v) is 12.4. The predicted molar refractivity (Wildman–Crippen MR) is 77.6 cm³/mol. The van der Waals surface area contributed by atoms with E-state index in [4.69, 9.17) is 5.11 Å². The lowest BCUT2D eigenvalue weighted by atomic mass is 10.0. The van der Waals surface area contributed by atoms with E-state index in [1.54, 1.807) is 26.0 Å². The van der Waals surface area contributed by atoms with Crippen molar-refractivity contribution in [3.8, 4) is 0 Å². The van der Waals surface area contributed by atoms with Crippen LogP contribution in [0.15, 0.2) is 24.3 Å². The lowest BCUT2D eigenvalue weighted by Crippen LogP contribution is -2.44. The maximum atomic E-state index is 12.0. The minimum absolute atomic E-state index is 0.163. The molecule has 0 bridgehead atoms. The van der Waals surface area contributed by atoms with E-state index in [1.165, 1.54) is 0 Å². The number of carboxylic acids is 1. The number of carbonyl (C=O) groups is 2. The molecule has 1 rings (SSSR count). The Morgan fingerprint density at radius 1 is 1.20 bits per heavy atom. The van der Waals surface area contributed by atoms with Gasteiger partial charge in [-0.25, -0.2) is 4.79 Å². The van der Waals surface area contributed by atoms with Gasteiger partial charge in [-0.3, -0.25) is 4.79 Å². The van der Waals surface area contributed by atoms with E-state index in [1.807, 2.05) is 31.1 Å². The van der Waals surface area contributed by atoms with Crippen molar-refractivity contribution in [2.45, 2.75) is 26.4 Å². The second-order valence-electron chi connectivity index (χ2n) is 5.47. The highest BCUT2D eigenvalue weighted by Crippen LogP contribution is 2.08. The fraction of sp³-hybridized carbons (Fsp3) is 0.467. The predicted octanol–water partition coefficient (Wildman–Crippen LogP) is 1.59. The van der Waals surface area contributed by atoms with Gasteiger partial charge in [-0.1, -0.05) is 26.0 Å². The average molecular weight is 278 g/mol. The molecule has 5 heteroatoms. The quantitative estimate of drug-likeness (QED) is 0.829. The van der Waals surface area contributed by atoms with Crippen molar-refractivity contribution in [1.29, 1.82) is 0 Å². The van der Waals surface area contributed by atoms with Crippen molar-refractivity contribution < 1.29 is 14.7 Å². The topological polar surface area (TPSA) is 69.6 Å². The van der Waals surface area contributed by atoms with Gasteiger partial charge in [0, 0.05) is 12.1 Å². The molecule has 0 aliphatic rings. The van der Waals surface area contributed by atoms with Crippen LogP contribution >= 0.6 is 0 Å². The summed E-state index contributed by atoms with van der Waals surface area (Å²) in [6, 6.07) is 6.31. The Labute approximate surface area is 119 Å². The Morgan fingerprint density at radius 3 is 2.15 bits per heavy atom. The molecule has 1 amide bonds. The third-order valence-corrected chi connectivity index (χ3v) is 2.93. The minimum atomic E-state index is -1.02. The van der Waals surface area contributed by atoms with Crippen LogP contribution in [-0.2, 0) is 11.3 Å². The molecule has 0 spiro atoms. The van der Waals surface area contributed by atoms with Crippen molar-refractivity contribution >= 4 is 11.9 Å². The van der Waals surface area contributed by atoms with Crippen LogP contribution in [0.25, 0.3) is 0 Å². The van der Waals surface area contributed by atoms with E-state index < -0.39 is 12.0 Å². The van der Waals surface area contributed by atoms with E-state index in [9.17, 15) is 9.59 Å². The summed E-state index contributed by atoms with van der Waals surface area (Å²) in [6.07, 6.45) is 0.